The van der Waals surface area contributed by atoms with Gasteiger partial charge in [-0.3, -0.25) is 18.7 Å². The highest BCUT2D eigenvalue weighted by Gasteiger charge is 2.21. The van der Waals surface area contributed by atoms with Crippen LogP contribution in [-0.2, 0) is 6.42 Å². The average Bonchev–Trinajstić information content (AvgIpc) is 3.24. The van der Waals surface area contributed by atoms with E-state index in [2.05, 4.69) is 15.2 Å². The third-order valence-corrected chi connectivity index (χ3v) is 6.43. The lowest BCUT2D eigenvalue weighted by molar-refractivity contribution is 0.681. The highest BCUT2D eigenvalue weighted by atomic mass is 35.5. The van der Waals surface area contributed by atoms with Crippen molar-refractivity contribution in [2.75, 3.05) is 0 Å². The summed E-state index contributed by atoms with van der Waals surface area (Å²) < 4.78 is 3.41. The summed E-state index contributed by atoms with van der Waals surface area (Å²) in [5.74, 6) is 1.26. The van der Waals surface area contributed by atoms with Crippen LogP contribution in [0.1, 0.15) is 29.9 Å². The van der Waals surface area contributed by atoms with Gasteiger partial charge in [-0.1, -0.05) is 42.3 Å². The number of aromatic nitrogens is 6. The molecule has 1 unspecified atom stereocenters. The van der Waals surface area contributed by atoms with Crippen molar-refractivity contribution in [2.45, 2.75) is 26.2 Å². The van der Waals surface area contributed by atoms with E-state index < -0.39 is 0 Å². The van der Waals surface area contributed by atoms with E-state index in [-0.39, 0.29) is 11.5 Å². The quantitative estimate of drug-likeness (QED) is 0.334. The van der Waals surface area contributed by atoms with Crippen LogP contribution in [0.2, 0.25) is 10.0 Å². The van der Waals surface area contributed by atoms with Crippen LogP contribution in [0, 0.1) is 6.92 Å². The first-order valence-electron chi connectivity index (χ1n) is 10.7. The maximum absolute atomic E-state index is 12.7. The smallest absolute Gasteiger partial charge is 0.258 e. The van der Waals surface area contributed by atoms with Crippen LogP contribution in [0.3, 0.4) is 0 Å². The number of hydrogen-bond acceptors (Lipinski definition) is 5. The van der Waals surface area contributed by atoms with E-state index in [4.69, 9.17) is 28.2 Å². The first-order chi connectivity index (χ1) is 16.4. The lowest BCUT2D eigenvalue weighted by Gasteiger charge is -2.15. The Bertz CT molecular complexity index is 1560. The molecule has 7 nitrogen and oxygen atoms in total. The van der Waals surface area contributed by atoms with Gasteiger partial charge >= 0.3 is 0 Å². The van der Waals surface area contributed by atoms with E-state index in [1.807, 2.05) is 60.9 Å². The largest absolute Gasteiger partial charge is 0.277 e. The van der Waals surface area contributed by atoms with Gasteiger partial charge in [-0.25, -0.2) is 4.98 Å². The fraction of sp³-hybridized carbons (Fsp3) is 0.160. The third kappa shape index (κ3) is 4.08. The average molecular weight is 491 g/mol. The van der Waals surface area contributed by atoms with E-state index in [0.29, 0.717) is 39.5 Å². The standard InChI is InChI=1S/C25H20Cl2N6O/c1-15-11-22-29-20(13-24(34)32(22)14-19(15)27)16(2)12-23-30-31-25(17-7-9-28-10-8-17)33(23)21-6-4-3-5-18(21)26/h3-11,13-14,16H,12H2,1-2H3. The molecule has 0 amide bonds. The van der Waals surface area contributed by atoms with Gasteiger partial charge in [-0.15, -0.1) is 10.2 Å². The van der Waals surface area contributed by atoms with Crippen LogP contribution in [0.5, 0.6) is 0 Å². The number of benzene rings is 1. The summed E-state index contributed by atoms with van der Waals surface area (Å²) in [6.45, 7) is 3.90. The lowest BCUT2D eigenvalue weighted by atomic mass is 10.0. The maximum Gasteiger partial charge on any atom is 0.258 e. The Kier molecular flexibility index (Phi) is 5.89. The molecule has 0 aliphatic carbocycles. The summed E-state index contributed by atoms with van der Waals surface area (Å²) in [7, 11) is 0. The molecule has 0 aliphatic rings. The zero-order chi connectivity index (χ0) is 23.8. The predicted octanol–water partition coefficient (Wildman–Crippen LogP) is 5.30. The van der Waals surface area contributed by atoms with E-state index >= 15 is 0 Å². The second-order valence-corrected chi connectivity index (χ2v) is 8.93. The topological polar surface area (TPSA) is 78.0 Å². The van der Waals surface area contributed by atoms with E-state index in [1.54, 1.807) is 24.7 Å². The van der Waals surface area contributed by atoms with Crippen molar-refractivity contribution >= 4 is 28.8 Å². The molecule has 5 rings (SSSR count). The van der Waals surface area contributed by atoms with Crippen LogP contribution >= 0.6 is 23.2 Å². The van der Waals surface area contributed by atoms with Crippen molar-refractivity contribution < 1.29 is 0 Å². The van der Waals surface area contributed by atoms with Crippen molar-refractivity contribution in [2.24, 2.45) is 0 Å². The van der Waals surface area contributed by atoms with Crippen molar-refractivity contribution in [3.63, 3.8) is 0 Å². The van der Waals surface area contributed by atoms with Gasteiger partial charge in [0.1, 0.15) is 11.5 Å². The first-order valence-corrected chi connectivity index (χ1v) is 11.5. The van der Waals surface area contributed by atoms with Crippen LogP contribution < -0.4 is 5.56 Å². The van der Waals surface area contributed by atoms with Crippen LogP contribution in [-0.4, -0.2) is 29.1 Å². The Morgan fingerprint density at radius 3 is 2.53 bits per heavy atom. The molecule has 1 aromatic carbocycles. The summed E-state index contributed by atoms with van der Waals surface area (Å²) in [6.07, 6.45) is 5.53. The minimum atomic E-state index is -0.182. The van der Waals surface area contributed by atoms with Crippen molar-refractivity contribution in [3.05, 3.63) is 105 Å². The number of hydrogen-bond donors (Lipinski definition) is 0. The highest BCUT2D eigenvalue weighted by Crippen LogP contribution is 2.29. The summed E-state index contributed by atoms with van der Waals surface area (Å²) in [5.41, 5.74) is 3.56. The van der Waals surface area contributed by atoms with E-state index in [0.717, 1.165) is 16.8 Å². The zero-order valence-electron chi connectivity index (χ0n) is 18.5. The second kappa shape index (κ2) is 9.00. The molecule has 4 heterocycles. The molecule has 0 aliphatic heterocycles. The Morgan fingerprint density at radius 2 is 1.76 bits per heavy atom. The Balaban J connectivity index is 1.59. The molecule has 34 heavy (non-hydrogen) atoms. The molecule has 170 valence electrons. The molecule has 0 radical (unpaired) electrons. The van der Waals surface area contributed by atoms with Crippen molar-refractivity contribution in [1.82, 2.24) is 29.1 Å². The molecule has 0 saturated carbocycles. The minimum Gasteiger partial charge on any atom is -0.277 e. The molecule has 0 N–H and O–H groups in total. The first kappa shape index (κ1) is 22.3. The SMILES string of the molecule is Cc1cc2nc(C(C)Cc3nnc(-c4ccncc4)n3-c3ccccc3Cl)cc(=O)n2cc1Cl. The zero-order valence-corrected chi connectivity index (χ0v) is 20.0. The van der Waals surface area contributed by atoms with Gasteiger partial charge in [0.2, 0.25) is 0 Å². The van der Waals surface area contributed by atoms with Crippen LogP contribution in [0.4, 0.5) is 0 Å². The Morgan fingerprint density at radius 1 is 1.00 bits per heavy atom. The van der Waals surface area contributed by atoms with Gasteiger partial charge in [0, 0.05) is 42.6 Å². The van der Waals surface area contributed by atoms with Gasteiger partial charge < -0.3 is 0 Å². The number of nitrogens with zero attached hydrogens (tertiary/aromatic N) is 6. The van der Waals surface area contributed by atoms with Crippen LogP contribution in [0.25, 0.3) is 22.7 Å². The number of para-hydroxylation sites is 1. The van der Waals surface area contributed by atoms with Crippen LogP contribution in [0.15, 0.2) is 71.9 Å². The fourth-order valence-electron chi connectivity index (χ4n) is 3.89. The maximum atomic E-state index is 12.7. The molecular formula is C25H20Cl2N6O. The van der Waals surface area contributed by atoms with Gasteiger partial charge in [0.15, 0.2) is 5.82 Å². The Labute approximate surface area is 205 Å². The van der Waals surface area contributed by atoms with Crippen molar-refractivity contribution in [1.29, 1.82) is 0 Å². The summed E-state index contributed by atoms with van der Waals surface area (Å²) in [4.78, 5) is 21.6. The number of aryl methyl sites for hydroxylation is 1. The third-order valence-electron chi connectivity index (χ3n) is 5.72. The summed E-state index contributed by atoms with van der Waals surface area (Å²) in [5, 5.41) is 10.1. The molecule has 0 saturated heterocycles. The number of fused-ring (bicyclic) bond motifs is 1. The van der Waals surface area contributed by atoms with E-state index in [1.165, 1.54) is 4.40 Å². The fourth-order valence-corrected chi connectivity index (χ4v) is 4.26. The van der Waals surface area contributed by atoms with Crippen molar-refractivity contribution in [3.8, 4) is 17.1 Å². The lowest BCUT2D eigenvalue weighted by Crippen LogP contribution is -2.18. The number of pyridine rings is 2. The monoisotopic (exact) mass is 490 g/mol. The summed E-state index contributed by atoms with van der Waals surface area (Å²) >= 11 is 12.7. The number of halogens is 2. The predicted molar refractivity (Wildman–Crippen MR) is 133 cm³/mol. The van der Waals surface area contributed by atoms with Gasteiger partial charge in [-0.05, 0) is 42.8 Å². The summed E-state index contributed by atoms with van der Waals surface area (Å²) in [6, 6.07) is 14.7. The molecule has 0 bridgehead atoms. The molecule has 4 aromatic heterocycles. The molecule has 9 heteroatoms. The van der Waals surface area contributed by atoms with Gasteiger partial charge in [0.05, 0.1) is 21.4 Å². The van der Waals surface area contributed by atoms with Gasteiger partial charge in [0.25, 0.3) is 5.56 Å². The molecular weight excluding hydrogens is 471 g/mol. The molecule has 5 aromatic rings. The highest BCUT2D eigenvalue weighted by molar-refractivity contribution is 6.32. The second-order valence-electron chi connectivity index (χ2n) is 8.12. The molecule has 0 spiro atoms. The minimum absolute atomic E-state index is 0.107. The van der Waals surface area contributed by atoms with Gasteiger partial charge in [-0.2, -0.15) is 0 Å². The molecule has 0 fully saturated rings. The molecule has 1 atom stereocenters. The Hall–Kier alpha value is -3.55. The number of rotatable bonds is 5. The normalized spacial score (nSPS) is 12.2. The van der Waals surface area contributed by atoms with E-state index in [9.17, 15) is 4.79 Å².